The van der Waals surface area contributed by atoms with Crippen molar-refractivity contribution in [2.75, 3.05) is 60.6 Å². The Kier molecular flexibility index (Phi) is 10.1. The lowest BCUT2D eigenvalue weighted by Crippen LogP contribution is -2.53. The van der Waals surface area contributed by atoms with E-state index in [1.54, 1.807) is 13.2 Å². The maximum Gasteiger partial charge on any atom is 0.317 e. The third-order valence-electron chi connectivity index (χ3n) is 11.2. The smallest absolute Gasteiger partial charge is 0.317 e. The van der Waals surface area contributed by atoms with Crippen molar-refractivity contribution in [1.29, 1.82) is 0 Å². The summed E-state index contributed by atoms with van der Waals surface area (Å²) in [7, 11) is 0.472. The molecule has 2 aromatic carbocycles. The van der Waals surface area contributed by atoms with Crippen molar-refractivity contribution >= 4 is 33.1 Å². The summed E-state index contributed by atoms with van der Waals surface area (Å²) in [5.74, 6) is 0.438. The molecular weight excluding hydrogens is 657 g/mol. The number of piperidine rings is 1. The number of urea groups is 1. The second kappa shape index (κ2) is 14.5. The number of hydrogen-bond donors (Lipinski definition) is 2. The van der Waals surface area contributed by atoms with Crippen LogP contribution in [0.1, 0.15) is 72.3 Å². The van der Waals surface area contributed by atoms with E-state index in [1.165, 1.54) is 26.1 Å². The molecule has 3 fully saturated rings. The maximum absolute atomic E-state index is 13.9. The van der Waals surface area contributed by atoms with E-state index in [0.29, 0.717) is 38.0 Å². The van der Waals surface area contributed by atoms with Crippen molar-refractivity contribution in [2.24, 2.45) is 0 Å². The van der Waals surface area contributed by atoms with Gasteiger partial charge in [-0.3, -0.25) is 9.69 Å². The Hall–Kier alpha value is -3.65. The van der Waals surface area contributed by atoms with Crippen LogP contribution in [0.4, 0.5) is 4.79 Å². The molecule has 7 rings (SSSR count). The molecule has 1 atom stereocenters. The van der Waals surface area contributed by atoms with Gasteiger partial charge < -0.3 is 24.3 Å². The molecular formula is C37H50N6O6S. The molecule has 3 aromatic rings. The number of rotatable bonds is 7. The Balaban J connectivity index is 1.25. The Bertz CT molecular complexity index is 1840. The molecule has 0 radical (unpaired) electrons. The van der Waals surface area contributed by atoms with E-state index in [4.69, 9.17) is 9.47 Å². The van der Waals surface area contributed by atoms with Crippen LogP contribution in [0.3, 0.4) is 0 Å². The van der Waals surface area contributed by atoms with E-state index >= 15 is 0 Å². The van der Waals surface area contributed by atoms with E-state index in [2.05, 4.69) is 31.6 Å². The second-order valence-corrected chi connectivity index (χ2v) is 16.3. The highest BCUT2D eigenvalue weighted by atomic mass is 32.2. The molecule has 4 heterocycles. The molecule has 2 saturated heterocycles. The van der Waals surface area contributed by atoms with Gasteiger partial charge in [-0.2, -0.15) is 12.7 Å². The first-order chi connectivity index (χ1) is 24.1. The van der Waals surface area contributed by atoms with E-state index in [0.717, 1.165) is 103 Å². The van der Waals surface area contributed by atoms with Gasteiger partial charge in [0, 0.05) is 74.9 Å². The van der Waals surface area contributed by atoms with Crippen molar-refractivity contribution in [3.05, 3.63) is 53.1 Å². The lowest BCUT2D eigenvalue weighted by atomic mass is 9.81. The Morgan fingerprint density at radius 2 is 1.68 bits per heavy atom. The molecule has 3 aliphatic heterocycles. The molecule has 1 unspecified atom stereocenters. The first-order valence-electron chi connectivity index (χ1n) is 18.1. The number of morpholine rings is 1. The van der Waals surface area contributed by atoms with E-state index in [9.17, 15) is 18.0 Å². The number of aromatic nitrogens is 1. The topological polar surface area (TPSA) is 125 Å². The van der Waals surface area contributed by atoms with Gasteiger partial charge in [0.05, 0.1) is 32.1 Å². The Morgan fingerprint density at radius 3 is 2.38 bits per heavy atom. The minimum atomic E-state index is -3.97. The van der Waals surface area contributed by atoms with Crippen molar-refractivity contribution < 1.29 is 27.5 Å². The lowest BCUT2D eigenvalue weighted by molar-refractivity contribution is 0.00372. The number of ether oxygens (including phenoxy) is 2. The molecule has 270 valence electrons. The molecule has 3 amide bonds. The van der Waals surface area contributed by atoms with Crippen LogP contribution in [-0.4, -0.2) is 112 Å². The molecule has 1 saturated carbocycles. The predicted octanol–water partition coefficient (Wildman–Crippen LogP) is 4.33. The normalized spacial score (nSPS) is 21.0. The maximum atomic E-state index is 13.9. The molecule has 12 nitrogen and oxygen atoms in total. The van der Waals surface area contributed by atoms with Gasteiger partial charge in [-0.15, -0.1) is 0 Å². The van der Waals surface area contributed by atoms with Gasteiger partial charge >= 0.3 is 16.2 Å². The van der Waals surface area contributed by atoms with E-state index in [-0.39, 0.29) is 17.6 Å². The quantitative estimate of drug-likeness (QED) is 0.375. The largest absolute Gasteiger partial charge is 0.497 e. The summed E-state index contributed by atoms with van der Waals surface area (Å²) < 4.78 is 41.8. The van der Waals surface area contributed by atoms with Crippen LogP contribution in [0.5, 0.6) is 5.75 Å². The summed E-state index contributed by atoms with van der Waals surface area (Å²) in [5.41, 5.74) is 5.73. The van der Waals surface area contributed by atoms with E-state index in [1.807, 2.05) is 23.1 Å². The van der Waals surface area contributed by atoms with Gasteiger partial charge in [-0.05, 0) is 79.5 Å². The number of hydrogen-bond acceptors (Lipinski definition) is 7. The van der Waals surface area contributed by atoms with Crippen LogP contribution < -0.4 is 14.8 Å². The first kappa shape index (κ1) is 34.8. The second-order valence-electron chi connectivity index (χ2n) is 14.4. The number of carbonyl (C=O) groups excluding carboxylic acids is 2. The predicted molar refractivity (Wildman–Crippen MR) is 193 cm³/mol. The molecule has 2 N–H and O–H groups in total. The average Bonchev–Trinajstić information content (AvgIpc) is 3.35. The summed E-state index contributed by atoms with van der Waals surface area (Å²) in [6, 6.07) is 11.9. The number of fused-ring (bicyclic) bond motifs is 5. The minimum Gasteiger partial charge on any atom is -0.497 e. The molecule has 0 spiro atoms. The van der Waals surface area contributed by atoms with Crippen LogP contribution in [0.25, 0.3) is 22.2 Å². The molecule has 1 aliphatic carbocycles. The Labute approximate surface area is 295 Å². The van der Waals surface area contributed by atoms with Crippen molar-refractivity contribution in [1.82, 2.24) is 28.7 Å². The molecule has 50 heavy (non-hydrogen) atoms. The van der Waals surface area contributed by atoms with Crippen LogP contribution in [0.2, 0.25) is 0 Å². The first-order valence-corrected chi connectivity index (χ1v) is 19.5. The van der Waals surface area contributed by atoms with Gasteiger partial charge in [0.1, 0.15) is 5.75 Å². The zero-order valence-electron chi connectivity index (χ0n) is 29.4. The fraction of sp³-hybridized carbons (Fsp3) is 0.568. The summed E-state index contributed by atoms with van der Waals surface area (Å²) in [5, 5.41) is 4.47. The van der Waals surface area contributed by atoms with Gasteiger partial charge in [0.2, 0.25) is 0 Å². The monoisotopic (exact) mass is 706 g/mol. The van der Waals surface area contributed by atoms with Gasteiger partial charge in [0.25, 0.3) is 5.91 Å². The van der Waals surface area contributed by atoms with Crippen molar-refractivity contribution in [3.8, 4) is 17.0 Å². The van der Waals surface area contributed by atoms with Crippen LogP contribution in [0, 0.1) is 0 Å². The summed E-state index contributed by atoms with van der Waals surface area (Å²) >= 11 is 0. The SMILES string of the molecule is COc1ccc2c(c1)CC(NC(=O)N1CCC(N3CCOCC3)CC1)Cn1c-2c(C2CCCCC2)c2ccc(C(=O)NS(=O)(=O)N(C)C)cc21. The number of carbonyl (C=O) groups is 2. The minimum absolute atomic E-state index is 0.0544. The summed E-state index contributed by atoms with van der Waals surface area (Å²) in [6.07, 6.45) is 8.24. The Morgan fingerprint density at radius 1 is 0.940 bits per heavy atom. The molecule has 0 bridgehead atoms. The fourth-order valence-electron chi connectivity index (χ4n) is 8.46. The van der Waals surface area contributed by atoms with Gasteiger partial charge in [0.15, 0.2) is 0 Å². The van der Waals surface area contributed by atoms with Crippen LogP contribution in [-0.2, 0) is 27.9 Å². The highest BCUT2D eigenvalue weighted by Gasteiger charge is 2.34. The lowest BCUT2D eigenvalue weighted by Gasteiger charge is -2.40. The third kappa shape index (κ3) is 6.97. The van der Waals surface area contributed by atoms with E-state index < -0.39 is 16.1 Å². The highest BCUT2D eigenvalue weighted by molar-refractivity contribution is 7.87. The number of nitrogens with one attached hydrogen (secondary N) is 2. The van der Waals surface area contributed by atoms with Gasteiger partial charge in [-0.25, -0.2) is 9.52 Å². The third-order valence-corrected chi connectivity index (χ3v) is 12.6. The number of amides is 3. The standard InChI is InChI=1S/C37H50N6O6S/c1-40(2)50(46,47)39-36(44)26-9-11-32-33(23-26)43-24-28(38-37(45)42-15-13-29(14-16-42)41-17-19-49-20-18-41)21-27-22-30(48-3)10-12-31(27)35(43)34(32)25-7-5-4-6-8-25/h9-12,22-23,25,28-29H,4-8,13-21,24H2,1-3H3,(H,38,45)(H,39,44). The fourth-order valence-corrected chi connectivity index (χ4v) is 8.99. The molecule has 4 aliphatic rings. The molecule has 13 heteroatoms. The number of nitrogens with zero attached hydrogens (tertiary/aromatic N) is 4. The summed E-state index contributed by atoms with van der Waals surface area (Å²) in [6.45, 7) is 5.38. The van der Waals surface area contributed by atoms with Gasteiger partial charge in [-0.1, -0.05) is 25.3 Å². The number of likely N-dealkylation sites (tertiary alicyclic amines) is 1. The van der Waals surface area contributed by atoms with Crippen molar-refractivity contribution in [2.45, 2.75) is 75.9 Å². The number of methoxy groups -OCH3 is 1. The average molecular weight is 707 g/mol. The zero-order valence-corrected chi connectivity index (χ0v) is 30.3. The van der Waals surface area contributed by atoms with Crippen molar-refractivity contribution in [3.63, 3.8) is 0 Å². The molecule has 1 aromatic heterocycles. The summed E-state index contributed by atoms with van der Waals surface area (Å²) in [4.78, 5) is 31.7. The van der Waals surface area contributed by atoms with Crippen LogP contribution >= 0.6 is 0 Å². The highest BCUT2D eigenvalue weighted by Crippen LogP contribution is 2.46. The zero-order chi connectivity index (χ0) is 35.0. The van der Waals surface area contributed by atoms with Crippen LogP contribution in [0.15, 0.2) is 36.4 Å². The number of benzene rings is 2.